The van der Waals surface area contributed by atoms with Gasteiger partial charge in [-0.3, -0.25) is 0 Å². The lowest BCUT2D eigenvalue weighted by Gasteiger charge is -2.11. The Morgan fingerprint density at radius 2 is 1.90 bits per heavy atom. The van der Waals surface area contributed by atoms with E-state index in [-0.39, 0.29) is 16.2 Å². The van der Waals surface area contributed by atoms with Crippen molar-refractivity contribution in [3.05, 3.63) is 46.5 Å². The predicted octanol–water partition coefficient (Wildman–Crippen LogP) is 4.03. The molecule has 0 aliphatic rings. The maximum Gasteiger partial charge on any atom is 0.166 e. The molecule has 7 heteroatoms. The van der Waals surface area contributed by atoms with Crippen LogP contribution in [0.25, 0.3) is 22.0 Å². The molecule has 2 aromatic carbocycles. The van der Waals surface area contributed by atoms with E-state index in [4.69, 9.17) is 28.9 Å². The van der Waals surface area contributed by atoms with Crippen LogP contribution in [0.15, 0.2) is 30.6 Å². The highest BCUT2D eigenvalue weighted by Gasteiger charge is 2.18. The molecule has 0 radical (unpaired) electrons. The van der Waals surface area contributed by atoms with Crippen LogP contribution in [0.4, 0.5) is 10.2 Å². The summed E-state index contributed by atoms with van der Waals surface area (Å²) in [5.41, 5.74) is 6.87. The number of nitrogens with two attached hydrogens (primary N) is 1. The van der Waals surface area contributed by atoms with Crippen LogP contribution in [0.2, 0.25) is 10.0 Å². The molecule has 0 fully saturated rings. The molecule has 0 bridgehead atoms. The highest BCUT2D eigenvalue weighted by Crippen LogP contribution is 2.41. The summed E-state index contributed by atoms with van der Waals surface area (Å²) in [6, 6.07) is 6.12. The van der Waals surface area contributed by atoms with E-state index in [1.807, 2.05) is 0 Å². The Balaban J connectivity index is 2.47. The van der Waals surface area contributed by atoms with E-state index in [1.165, 1.54) is 6.33 Å². The molecule has 0 amide bonds. The van der Waals surface area contributed by atoms with Crippen molar-refractivity contribution in [3.63, 3.8) is 0 Å². The van der Waals surface area contributed by atoms with Gasteiger partial charge >= 0.3 is 0 Å². The second kappa shape index (κ2) is 5.02. The van der Waals surface area contributed by atoms with Crippen LogP contribution < -0.4 is 5.73 Å². The molecule has 106 valence electrons. The van der Waals surface area contributed by atoms with Gasteiger partial charge in [-0.2, -0.15) is 0 Å². The topological polar surface area (TPSA) is 72.0 Å². The van der Waals surface area contributed by atoms with Crippen LogP contribution in [0.5, 0.6) is 5.75 Å². The Labute approximate surface area is 129 Å². The zero-order valence-corrected chi connectivity index (χ0v) is 12.0. The number of fused-ring (bicyclic) bond motifs is 1. The number of phenols is 1. The lowest BCUT2D eigenvalue weighted by atomic mass is 10.0. The third-order valence-corrected chi connectivity index (χ3v) is 3.93. The zero-order valence-electron chi connectivity index (χ0n) is 10.4. The van der Waals surface area contributed by atoms with E-state index in [0.717, 1.165) is 6.07 Å². The monoisotopic (exact) mass is 323 g/mol. The molecule has 0 saturated carbocycles. The Morgan fingerprint density at radius 3 is 2.67 bits per heavy atom. The van der Waals surface area contributed by atoms with Gasteiger partial charge in [0.2, 0.25) is 0 Å². The van der Waals surface area contributed by atoms with E-state index in [1.54, 1.807) is 18.2 Å². The first-order valence-electron chi connectivity index (χ1n) is 5.86. The van der Waals surface area contributed by atoms with Crippen molar-refractivity contribution in [1.82, 2.24) is 9.97 Å². The van der Waals surface area contributed by atoms with Gasteiger partial charge in [0.15, 0.2) is 11.6 Å². The normalized spacial score (nSPS) is 11.0. The third kappa shape index (κ3) is 2.14. The molecule has 1 aromatic heterocycles. The number of aromatic hydroxyl groups is 1. The summed E-state index contributed by atoms with van der Waals surface area (Å²) >= 11 is 12.2. The van der Waals surface area contributed by atoms with Crippen molar-refractivity contribution in [1.29, 1.82) is 0 Å². The fourth-order valence-electron chi connectivity index (χ4n) is 2.14. The SMILES string of the molecule is Nc1ncnc2c(-c3cccc(Cl)c3Cl)cc(F)c(O)c12. The number of halogens is 3. The van der Waals surface area contributed by atoms with Gasteiger partial charge < -0.3 is 10.8 Å². The van der Waals surface area contributed by atoms with Gasteiger partial charge in [0, 0.05) is 11.1 Å². The minimum Gasteiger partial charge on any atom is -0.504 e. The average molecular weight is 324 g/mol. The molecule has 0 atom stereocenters. The van der Waals surface area contributed by atoms with Crippen molar-refractivity contribution < 1.29 is 9.50 Å². The number of anilines is 1. The highest BCUT2D eigenvalue weighted by molar-refractivity contribution is 6.44. The second-order valence-electron chi connectivity index (χ2n) is 4.34. The average Bonchev–Trinajstić information content (AvgIpc) is 2.46. The molecule has 0 aliphatic carbocycles. The van der Waals surface area contributed by atoms with Gasteiger partial charge in [0.1, 0.15) is 12.1 Å². The summed E-state index contributed by atoms with van der Waals surface area (Å²) in [6.45, 7) is 0. The smallest absolute Gasteiger partial charge is 0.166 e. The van der Waals surface area contributed by atoms with Crippen molar-refractivity contribution in [2.45, 2.75) is 0 Å². The lowest BCUT2D eigenvalue weighted by Crippen LogP contribution is -1.97. The molecule has 3 aromatic rings. The summed E-state index contributed by atoms with van der Waals surface area (Å²) in [5, 5.41) is 10.5. The van der Waals surface area contributed by atoms with Crippen LogP contribution >= 0.6 is 23.2 Å². The molecule has 21 heavy (non-hydrogen) atoms. The van der Waals surface area contributed by atoms with E-state index in [9.17, 15) is 9.50 Å². The van der Waals surface area contributed by atoms with Gasteiger partial charge in [-0.1, -0.05) is 35.3 Å². The number of rotatable bonds is 1. The highest BCUT2D eigenvalue weighted by atomic mass is 35.5. The van der Waals surface area contributed by atoms with Crippen molar-refractivity contribution in [3.8, 4) is 16.9 Å². The van der Waals surface area contributed by atoms with E-state index in [0.29, 0.717) is 21.7 Å². The quantitative estimate of drug-likeness (QED) is 0.709. The number of benzene rings is 2. The molecule has 0 aliphatic heterocycles. The van der Waals surface area contributed by atoms with Gasteiger partial charge in [-0.05, 0) is 12.1 Å². The largest absolute Gasteiger partial charge is 0.504 e. The summed E-state index contributed by atoms with van der Waals surface area (Å²) in [4.78, 5) is 7.84. The van der Waals surface area contributed by atoms with Crippen LogP contribution in [-0.2, 0) is 0 Å². The number of phenolic OH excluding ortho intramolecular Hbond substituents is 1. The molecule has 3 N–H and O–H groups in total. The number of hydrogen-bond acceptors (Lipinski definition) is 4. The first-order valence-corrected chi connectivity index (χ1v) is 6.62. The van der Waals surface area contributed by atoms with E-state index < -0.39 is 11.6 Å². The van der Waals surface area contributed by atoms with Crippen molar-refractivity contribution >= 4 is 39.9 Å². The molecular weight excluding hydrogens is 316 g/mol. The second-order valence-corrected chi connectivity index (χ2v) is 5.12. The van der Waals surface area contributed by atoms with E-state index in [2.05, 4.69) is 9.97 Å². The molecule has 3 rings (SSSR count). The van der Waals surface area contributed by atoms with Crippen LogP contribution in [0.3, 0.4) is 0 Å². The lowest BCUT2D eigenvalue weighted by molar-refractivity contribution is 0.439. The maximum atomic E-state index is 14.0. The van der Waals surface area contributed by atoms with Gasteiger partial charge in [0.25, 0.3) is 0 Å². The Morgan fingerprint density at radius 1 is 1.14 bits per heavy atom. The minimum absolute atomic E-state index is 0.0172. The predicted molar refractivity (Wildman–Crippen MR) is 81.0 cm³/mol. The van der Waals surface area contributed by atoms with Gasteiger partial charge in [-0.25, -0.2) is 14.4 Å². The van der Waals surface area contributed by atoms with Crippen LogP contribution in [0.1, 0.15) is 0 Å². The standard InChI is InChI=1S/C14H8Cl2FN3O/c15-8-3-1-2-6(11(8)16)7-4-9(17)13(21)10-12(7)19-5-20-14(10)18/h1-5,21H,(H2,18,19,20). The zero-order chi connectivity index (χ0) is 15.1. The summed E-state index contributed by atoms with van der Waals surface area (Å²) in [7, 11) is 0. The molecule has 4 nitrogen and oxygen atoms in total. The number of aromatic nitrogens is 2. The first-order chi connectivity index (χ1) is 10.0. The number of hydrogen-bond donors (Lipinski definition) is 2. The Bertz CT molecular complexity index is 870. The van der Waals surface area contributed by atoms with Crippen LogP contribution in [-0.4, -0.2) is 15.1 Å². The van der Waals surface area contributed by atoms with Gasteiger partial charge in [0.05, 0.1) is 20.9 Å². The fourth-order valence-corrected chi connectivity index (χ4v) is 2.54. The van der Waals surface area contributed by atoms with Crippen molar-refractivity contribution in [2.24, 2.45) is 0 Å². The van der Waals surface area contributed by atoms with Crippen LogP contribution in [0, 0.1) is 5.82 Å². The molecule has 0 unspecified atom stereocenters. The third-order valence-electron chi connectivity index (χ3n) is 3.11. The molecule has 1 heterocycles. The Kier molecular flexibility index (Phi) is 3.31. The molecule has 0 spiro atoms. The van der Waals surface area contributed by atoms with Gasteiger partial charge in [-0.15, -0.1) is 0 Å². The number of nitrogen functional groups attached to an aromatic ring is 1. The van der Waals surface area contributed by atoms with E-state index >= 15 is 0 Å². The maximum absolute atomic E-state index is 14.0. The number of nitrogens with zero attached hydrogens (tertiary/aromatic N) is 2. The minimum atomic E-state index is -0.838. The first kappa shape index (κ1) is 13.9. The summed E-state index contributed by atoms with van der Waals surface area (Å²) < 4.78 is 14.0. The summed E-state index contributed by atoms with van der Waals surface area (Å²) in [6.07, 6.45) is 1.23. The molecule has 0 saturated heterocycles. The van der Waals surface area contributed by atoms with Crippen molar-refractivity contribution in [2.75, 3.05) is 5.73 Å². The summed E-state index contributed by atoms with van der Waals surface area (Å²) in [5.74, 6) is -1.45. The molecular formula is C14H8Cl2FN3O. The fraction of sp³-hybridized carbons (Fsp3) is 0. The Hall–Kier alpha value is -2.11.